The van der Waals surface area contributed by atoms with Gasteiger partial charge in [-0.25, -0.2) is 4.79 Å². The Hall–Kier alpha value is -2.50. The molecule has 2 aromatic rings. The fourth-order valence-corrected chi connectivity index (χ4v) is 2.12. The van der Waals surface area contributed by atoms with Gasteiger partial charge in [-0.15, -0.1) is 0 Å². The van der Waals surface area contributed by atoms with Crippen LogP contribution < -0.4 is 15.4 Å². The number of urea groups is 1. The molecule has 2 heterocycles. The standard InChI is InChI=1S/C12H11N3O3/c1-18-6-2-3-9-7(4-6)8(5-13-9)10-11(16)15-12(17)14-10/h2-5,10,13H,1H3,(H2,14,15,16,17). The van der Waals surface area contributed by atoms with Crippen molar-refractivity contribution < 1.29 is 14.3 Å². The third kappa shape index (κ3) is 1.50. The van der Waals surface area contributed by atoms with Crippen molar-refractivity contribution in [2.75, 3.05) is 7.11 Å². The van der Waals surface area contributed by atoms with E-state index in [1.807, 2.05) is 18.2 Å². The minimum atomic E-state index is -0.654. The molecule has 1 fully saturated rings. The molecular formula is C12H11N3O3. The second kappa shape index (κ2) is 3.76. The van der Waals surface area contributed by atoms with Crippen molar-refractivity contribution in [3.05, 3.63) is 30.0 Å². The number of imide groups is 1. The lowest BCUT2D eigenvalue weighted by molar-refractivity contribution is -0.120. The predicted molar refractivity (Wildman–Crippen MR) is 64.3 cm³/mol. The van der Waals surface area contributed by atoms with E-state index in [1.165, 1.54) is 0 Å². The lowest BCUT2D eigenvalue weighted by Crippen LogP contribution is -2.22. The number of benzene rings is 1. The molecule has 1 aliphatic heterocycles. The Morgan fingerprint density at radius 1 is 1.28 bits per heavy atom. The molecule has 1 aromatic heterocycles. The number of hydrogen-bond donors (Lipinski definition) is 3. The first kappa shape index (κ1) is 10.6. The molecule has 6 nitrogen and oxygen atoms in total. The van der Waals surface area contributed by atoms with Crippen LogP contribution in [0.3, 0.4) is 0 Å². The van der Waals surface area contributed by atoms with Gasteiger partial charge in [-0.2, -0.15) is 0 Å². The van der Waals surface area contributed by atoms with Crippen molar-refractivity contribution in [2.24, 2.45) is 0 Å². The summed E-state index contributed by atoms with van der Waals surface area (Å²) in [4.78, 5) is 25.8. The van der Waals surface area contributed by atoms with E-state index in [9.17, 15) is 9.59 Å². The highest BCUT2D eigenvalue weighted by Gasteiger charge is 2.32. The van der Waals surface area contributed by atoms with E-state index in [4.69, 9.17) is 4.74 Å². The molecule has 1 unspecified atom stereocenters. The fourth-order valence-electron chi connectivity index (χ4n) is 2.12. The average Bonchev–Trinajstić information content (AvgIpc) is 2.91. The number of ether oxygens (including phenoxy) is 1. The van der Waals surface area contributed by atoms with E-state index in [0.717, 1.165) is 16.5 Å². The number of rotatable bonds is 2. The number of carbonyl (C=O) groups excluding carboxylic acids is 2. The maximum atomic E-state index is 11.6. The predicted octanol–water partition coefficient (Wildman–Crippen LogP) is 1.06. The molecule has 1 aromatic carbocycles. The van der Waals surface area contributed by atoms with Crippen LogP contribution >= 0.6 is 0 Å². The molecule has 6 heteroatoms. The van der Waals surface area contributed by atoms with Crippen molar-refractivity contribution in [1.82, 2.24) is 15.6 Å². The van der Waals surface area contributed by atoms with Crippen LogP contribution in [0.4, 0.5) is 4.79 Å². The average molecular weight is 245 g/mol. The molecule has 92 valence electrons. The number of fused-ring (bicyclic) bond motifs is 1. The van der Waals surface area contributed by atoms with Gasteiger partial charge in [0, 0.05) is 22.7 Å². The number of hydrogen-bond acceptors (Lipinski definition) is 3. The van der Waals surface area contributed by atoms with Crippen LogP contribution in [0.15, 0.2) is 24.4 Å². The summed E-state index contributed by atoms with van der Waals surface area (Å²) in [5.74, 6) is 0.358. The molecule has 3 N–H and O–H groups in total. The van der Waals surface area contributed by atoms with Gasteiger partial charge < -0.3 is 15.0 Å². The zero-order chi connectivity index (χ0) is 12.7. The number of aromatic amines is 1. The lowest BCUT2D eigenvalue weighted by atomic mass is 10.1. The van der Waals surface area contributed by atoms with Gasteiger partial charge >= 0.3 is 6.03 Å². The van der Waals surface area contributed by atoms with Gasteiger partial charge in [0.1, 0.15) is 11.8 Å². The summed E-state index contributed by atoms with van der Waals surface area (Å²) < 4.78 is 5.16. The molecule has 0 bridgehead atoms. The molecule has 18 heavy (non-hydrogen) atoms. The molecule has 1 saturated heterocycles. The zero-order valence-electron chi connectivity index (χ0n) is 9.61. The van der Waals surface area contributed by atoms with Gasteiger partial charge in [0.05, 0.1) is 7.11 Å². The molecule has 3 amide bonds. The van der Waals surface area contributed by atoms with Crippen molar-refractivity contribution >= 4 is 22.8 Å². The molecule has 3 rings (SSSR count). The fraction of sp³-hybridized carbons (Fsp3) is 0.167. The molecule has 0 spiro atoms. The minimum Gasteiger partial charge on any atom is -0.497 e. The normalized spacial score (nSPS) is 18.8. The Kier molecular flexibility index (Phi) is 2.22. The van der Waals surface area contributed by atoms with Crippen LogP contribution in [-0.2, 0) is 4.79 Å². The number of carbonyl (C=O) groups is 2. The summed E-state index contributed by atoms with van der Waals surface area (Å²) in [6.07, 6.45) is 1.72. The maximum absolute atomic E-state index is 11.6. The Labute approximate surface area is 102 Å². The smallest absolute Gasteiger partial charge is 0.322 e. The van der Waals surface area contributed by atoms with Crippen LogP contribution in [0.2, 0.25) is 0 Å². The first-order valence-electron chi connectivity index (χ1n) is 5.45. The topological polar surface area (TPSA) is 83.2 Å². The molecule has 1 atom stereocenters. The summed E-state index contributed by atoms with van der Waals surface area (Å²) in [7, 11) is 1.58. The highest BCUT2D eigenvalue weighted by atomic mass is 16.5. The number of methoxy groups -OCH3 is 1. The number of amides is 3. The SMILES string of the molecule is COc1ccc2[nH]cc(C3NC(=O)NC3=O)c2c1. The number of nitrogens with one attached hydrogen (secondary N) is 3. The summed E-state index contributed by atoms with van der Waals surface area (Å²) in [5, 5.41) is 5.65. The quantitative estimate of drug-likeness (QED) is 0.692. The van der Waals surface area contributed by atoms with Crippen molar-refractivity contribution in [3.63, 3.8) is 0 Å². The largest absolute Gasteiger partial charge is 0.497 e. The van der Waals surface area contributed by atoms with Crippen LogP contribution in [0.25, 0.3) is 10.9 Å². The van der Waals surface area contributed by atoms with Gasteiger partial charge in [0.2, 0.25) is 0 Å². The summed E-state index contributed by atoms with van der Waals surface area (Å²) >= 11 is 0. The third-order valence-corrected chi connectivity index (χ3v) is 3.01. The maximum Gasteiger partial charge on any atom is 0.322 e. The molecule has 0 aliphatic carbocycles. The van der Waals surface area contributed by atoms with Crippen LogP contribution in [0, 0.1) is 0 Å². The Bertz CT molecular complexity index is 647. The van der Waals surface area contributed by atoms with E-state index < -0.39 is 12.1 Å². The van der Waals surface area contributed by atoms with Gasteiger partial charge in [0.15, 0.2) is 0 Å². The van der Waals surface area contributed by atoms with Gasteiger partial charge in [-0.05, 0) is 18.2 Å². The van der Waals surface area contributed by atoms with Crippen molar-refractivity contribution in [2.45, 2.75) is 6.04 Å². The Morgan fingerprint density at radius 3 is 2.78 bits per heavy atom. The first-order valence-corrected chi connectivity index (χ1v) is 5.45. The van der Waals surface area contributed by atoms with Gasteiger partial charge in [0.25, 0.3) is 5.91 Å². The van der Waals surface area contributed by atoms with E-state index in [-0.39, 0.29) is 5.91 Å². The highest BCUT2D eigenvalue weighted by Crippen LogP contribution is 2.28. The first-order chi connectivity index (χ1) is 8.69. The highest BCUT2D eigenvalue weighted by molar-refractivity contribution is 6.06. The van der Waals surface area contributed by atoms with E-state index in [0.29, 0.717) is 5.75 Å². The molecule has 1 aliphatic rings. The monoisotopic (exact) mass is 245 g/mol. The van der Waals surface area contributed by atoms with Crippen molar-refractivity contribution in [1.29, 1.82) is 0 Å². The van der Waals surface area contributed by atoms with E-state index >= 15 is 0 Å². The van der Waals surface area contributed by atoms with Crippen LogP contribution in [0.5, 0.6) is 5.75 Å². The summed E-state index contributed by atoms with van der Waals surface area (Å²) in [5.41, 5.74) is 1.62. The van der Waals surface area contributed by atoms with Crippen LogP contribution in [0.1, 0.15) is 11.6 Å². The van der Waals surface area contributed by atoms with E-state index in [2.05, 4.69) is 15.6 Å². The number of aromatic nitrogens is 1. The molecule has 0 saturated carbocycles. The molecular weight excluding hydrogens is 234 g/mol. The zero-order valence-corrected chi connectivity index (χ0v) is 9.61. The Balaban J connectivity index is 2.11. The third-order valence-electron chi connectivity index (χ3n) is 3.01. The van der Waals surface area contributed by atoms with E-state index in [1.54, 1.807) is 13.3 Å². The lowest BCUT2D eigenvalue weighted by Gasteiger charge is -2.06. The number of H-pyrrole nitrogens is 1. The van der Waals surface area contributed by atoms with Crippen LogP contribution in [-0.4, -0.2) is 24.0 Å². The van der Waals surface area contributed by atoms with Gasteiger partial charge in [-0.3, -0.25) is 10.1 Å². The summed E-state index contributed by atoms with van der Waals surface area (Å²) in [6, 6.07) is 4.40. The minimum absolute atomic E-state index is 0.344. The Morgan fingerprint density at radius 2 is 2.11 bits per heavy atom. The van der Waals surface area contributed by atoms with Crippen molar-refractivity contribution in [3.8, 4) is 5.75 Å². The summed E-state index contributed by atoms with van der Waals surface area (Å²) in [6.45, 7) is 0. The molecule has 0 radical (unpaired) electrons. The van der Waals surface area contributed by atoms with Gasteiger partial charge in [-0.1, -0.05) is 0 Å². The second-order valence-corrected chi connectivity index (χ2v) is 4.05. The second-order valence-electron chi connectivity index (χ2n) is 4.05.